The first-order valence-corrected chi connectivity index (χ1v) is 9.62. The summed E-state index contributed by atoms with van der Waals surface area (Å²) in [5.74, 6) is -0.0378. The molecule has 0 aromatic carbocycles. The van der Waals surface area contributed by atoms with Crippen molar-refractivity contribution in [3.63, 3.8) is 0 Å². The number of carbonyl (C=O) groups excluding carboxylic acids is 2. The Morgan fingerprint density at radius 3 is 2.42 bits per heavy atom. The molecule has 2 aliphatic heterocycles. The predicted molar refractivity (Wildman–Crippen MR) is 101 cm³/mol. The SMILES string of the molecule is NC(CNC(=O)C1CCN(c2ccncc2)CC1)C(=O)N1CCCCC1. The van der Waals surface area contributed by atoms with Crippen molar-refractivity contribution < 1.29 is 9.59 Å². The van der Waals surface area contributed by atoms with E-state index in [-0.39, 0.29) is 24.3 Å². The Bertz CT molecular complexity index is 595. The molecule has 3 rings (SSSR count). The minimum Gasteiger partial charge on any atom is -0.371 e. The van der Waals surface area contributed by atoms with Gasteiger partial charge in [0.15, 0.2) is 0 Å². The molecular formula is C19H29N5O2. The summed E-state index contributed by atoms with van der Waals surface area (Å²) in [6, 6.07) is 3.34. The standard InChI is InChI=1S/C19H29N5O2/c20-17(19(26)24-10-2-1-3-11-24)14-22-18(25)15-6-12-23(13-7-15)16-4-8-21-9-5-16/h4-5,8-9,15,17H,1-3,6-7,10-14,20H2,(H,22,25). The van der Waals surface area contributed by atoms with Gasteiger partial charge in [-0.3, -0.25) is 14.6 Å². The predicted octanol–water partition coefficient (Wildman–Crippen LogP) is 0.754. The maximum absolute atomic E-state index is 12.4. The molecule has 2 saturated heterocycles. The van der Waals surface area contributed by atoms with Crippen LogP contribution in [-0.2, 0) is 9.59 Å². The molecule has 7 nitrogen and oxygen atoms in total. The van der Waals surface area contributed by atoms with Gasteiger partial charge >= 0.3 is 0 Å². The van der Waals surface area contributed by atoms with Gasteiger partial charge in [-0.05, 0) is 44.2 Å². The molecule has 0 bridgehead atoms. The van der Waals surface area contributed by atoms with Crippen LogP contribution in [0.15, 0.2) is 24.5 Å². The highest BCUT2D eigenvalue weighted by atomic mass is 16.2. The zero-order valence-electron chi connectivity index (χ0n) is 15.3. The molecule has 0 radical (unpaired) electrons. The largest absolute Gasteiger partial charge is 0.371 e. The average Bonchev–Trinajstić information content (AvgIpc) is 2.72. The number of likely N-dealkylation sites (tertiary alicyclic amines) is 1. The molecular weight excluding hydrogens is 330 g/mol. The van der Waals surface area contributed by atoms with E-state index in [1.165, 1.54) is 6.42 Å². The van der Waals surface area contributed by atoms with Gasteiger partial charge in [0.2, 0.25) is 11.8 Å². The first kappa shape index (κ1) is 18.6. The number of nitrogens with two attached hydrogens (primary N) is 1. The van der Waals surface area contributed by atoms with Gasteiger partial charge in [-0.1, -0.05) is 0 Å². The van der Waals surface area contributed by atoms with E-state index in [0.29, 0.717) is 0 Å². The third kappa shape index (κ3) is 4.72. The first-order valence-electron chi connectivity index (χ1n) is 9.62. The lowest BCUT2D eigenvalue weighted by Gasteiger charge is -2.33. The molecule has 0 spiro atoms. The summed E-state index contributed by atoms with van der Waals surface area (Å²) >= 11 is 0. The van der Waals surface area contributed by atoms with Crippen LogP contribution < -0.4 is 16.0 Å². The van der Waals surface area contributed by atoms with Crippen LogP contribution >= 0.6 is 0 Å². The fourth-order valence-electron chi connectivity index (χ4n) is 3.75. The second kappa shape index (κ2) is 8.98. The summed E-state index contributed by atoms with van der Waals surface area (Å²) in [6.45, 7) is 3.49. The number of piperidine rings is 2. The highest BCUT2D eigenvalue weighted by Crippen LogP contribution is 2.22. The van der Waals surface area contributed by atoms with Crippen molar-refractivity contribution in [2.24, 2.45) is 11.7 Å². The lowest BCUT2D eigenvalue weighted by atomic mass is 9.95. The van der Waals surface area contributed by atoms with Crippen molar-refractivity contribution in [1.82, 2.24) is 15.2 Å². The topological polar surface area (TPSA) is 91.6 Å². The summed E-state index contributed by atoms with van der Waals surface area (Å²) in [7, 11) is 0. The molecule has 1 atom stereocenters. The van der Waals surface area contributed by atoms with E-state index >= 15 is 0 Å². The van der Waals surface area contributed by atoms with E-state index in [1.54, 1.807) is 12.4 Å². The van der Waals surface area contributed by atoms with E-state index in [1.807, 2.05) is 17.0 Å². The lowest BCUT2D eigenvalue weighted by molar-refractivity contribution is -0.133. The number of anilines is 1. The Labute approximate surface area is 154 Å². The fraction of sp³-hybridized carbons (Fsp3) is 0.632. The van der Waals surface area contributed by atoms with Gasteiger partial charge in [0.25, 0.3) is 0 Å². The second-order valence-corrected chi connectivity index (χ2v) is 7.20. The minimum absolute atomic E-state index is 0.00891. The van der Waals surface area contributed by atoms with Crippen LogP contribution in [0.3, 0.4) is 0 Å². The van der Waals surface area contributed by atoms with E-state index in [9.17, 15) is 9.59 Å². The van der Waals surface area contributed by atoms with Gasteiger partial charge in [-0.15, -0.1) is 0 Å². The Balaban J connectivity index is 1.40. The van der Waals surface area contributed by atoms with E-state index in [4.69, 9.17) is 5.73 Å². The molecule has 2 fully saturated rings. The summed E-state index contributed by atoms with van der Waals surface area (Å²) in [5, 5.41) is 2.89. The Morgan fingerprint density at radius 1 is 1.12 bits per heavy atom. The van der Waals surface area contributed by atoms with Crippen molar-refractivity contribution in [3.8, 4) is 0 Å². The maximum Gasteiger partial charge on any atom is 0.241 e. The Hall–Kier alpha value is -2.15. The van der Waals surface area contributed by atoms with Crippen LogP contribution in [0.5, 0.6) is 0 Å². The third-order valence-corrected chi connectivity index (χ3v) is 5.37. The summed E-state index contributed by atoms with van der Waals surface area (Å²) < 4.78 is 0. The van der Waals surface area contributed by atoms with E-state index < -0.39 is 6.04 Å². The molecule has 26 heavy (non-hydrogen) atoms. The highest BCUT2D eigenvalue weighted by molar-refractivity contribution is 5.84. The molecule has 1 unspecified atom stereocenters. The van der Waals surface area contributed by atoms with Gasteiger partial charge in [0.05, 0.1) is 0 Å². The van der Waals surface area contributed by atoms with Crippen molar-refractivity contribution in [1.29, 1.82) is 0 Å². The second-order valence-electron chi connectivity index (χ2n) is 7.20. The zero-order valence-corrected chi connectivity index (χ0v) is 15.3. The highest BCUT2D eigenvalue weighted by Gasteiger charge is 2.27. The summed E-state index contributed by atoms with van der Waals surface area (Å²) in [5.41, 5.74) is 7.15. The Kier molecular flexibility index (Phi) is 6.44. The van der Waals surface area contributed by atoms with E-state index in [2.05, 4.69) is 15.2 Å². The first-order chi connectivity index (χ1) is 12.6. The number of nitrogens with zero attached hydrogens (tertiary/aromatic N) is 3. The number of hydrogen-bond donors (Lipinski definition) is 2. The summed E-state index contributed by atoms with van der Waals surface area (Å²) in [6.07, 6.45) is 8.45. The molecule has 0 aliphatic carbocycles. The van der Waals surface area contributed by atoms with Gasteiger partial charge in [-0.2, -0.15) is 0 Å². The van der Waals surface area contributed by atoms with Crippen LogP contribution in [-0.4, -0.2) is 60.5 Å². The maximum atomic E-state index is 12.4. The van der Waals surface area contributed by atoms with Gasteiger partial charge in [0, 0.05) is 56.7 Å². The molecule has 2 amide bonds. The van der Waals surface area contributed by atoms with Gasteiger partial charge in [0.1, 0.15) is 6.04 Å². The van der Waals surface area contributed by atoms with E-state index in [0.717, 1.165) is 57.5 Å². The molecule has 7 heteroatoms. The summed E-state index contributed by atoms with van der Waals surface area (Å²) in [4.78, 5) is 32.9. The molecule has 142 valence electrons. The molecule has 3 heterocycles. The molecule has 2 aliphatic rings. The van der Waals surface area contributed by atoms with Crippen LogP contribution in [0.4, 0.5) is 5.69 Å². The average molecular weight is 359 g/mol. The monoisotopic (exact) mass is 359 g/mol. The van der Waals surface area contributed by atoms with Crippen LogP contribution in [0, 0.1) is 5.92 Å². The molecule has 1 aromatic heterocycles. The molecule has 1 aromatic rings. The number of carbonyl (C=O) groups is 2. The number of nitrogens with one attached hydrogen (secondary N) is 1. The smallest absolute Gasteiger partial charge is 0.241 e. The Morgan fingerprint density at radius 2 is 1.77 bits per heavy atom. The number of pyridine rings is 1. The number of aromatic nitrogens is 1. The lowest BCUT2D eigenvalue weighted by Crippen LogP contribution is -2.52. The number of amides is 2. The molecule has 0 saturated carbocycles. The number of rotatable bonds is 5. The molecule has 3 N–H and O–H groups in total. The minimum atomic E-state index is -0.644. The quantitative estimate of drug-likeness (QED) is 0.810. The van der Waals surface area contributed by atoms with Crippen LogP contribution in [0.25, 0.3) is 0 Å². The van der Waals surface area contributed by atoms with Crippen molar-refractivity contribution in [2.45, 2.75) is 38.1 Å². The fourth-order valence-corrected chi connectivity index (χ4v) is 3.75. The van der Waals surface area contributed by atoms with Crippen LogP contribution in [0.1, 0.15) is 32.1 Å². The van der Waals surface area contributed by atoms with Crippen LogP contribution in [0.2, 0.25) is 0 Å². The third-order valence-electron chi connectivity index (χ3n) is 5.37. The van der Waals surface area contributed by atoms with Crippen molar-refractivity contribution in [3.05, 3.63) is 24.5 Å². The number of hydrogen-bond acceptors (Lipinski definition) is 5. The zero-order chi connectivity index (χ0) is 18.4. The van der Waals surface area contributed by atoms with Crippen molar-refractivity contribution >= 4 is 17.5 Å². The van der Waals surface area contributed by atoms with Crippen molar-refractivity contribution in [2.75, 3.05) is 37.6 Å². The van der Waals surface area contributed by atoms with Gasteiger partial charge < -0.3 is 20.9 Å². The normalized spacial score (nSPS) is 19.9. The van der Waals surface area contributed by atoms with Gasteiger partial charge in [-0.25, -0.2) is 0 Å².